The van der Waals surface area contributed by atoms with Crippen molar-refractivity contribution in [3.8, 4) is 11.5 Å². The van der Waals surface area contributed by atoms with Gasteiger partial charge in [-0.2, -0.15) is 0 Å². The molecule has 1 atom stereocenters. The first-order valence-electron chi connectivity index (χ1n) is 10.3. The second-order valence-corrected chi connectivity index (χ2v) is 7.68. The first-order chi connectivity index (χ1) is 16.0. The van der Waals surface area contributed by atoms with E-state index in [2.05, 4.69) is 4.98 Å². The molecule has 2 heterocycles. The Morgan fingerprint density at radius 3 is 2.39 bits per heavy atom. The highest BCUT2D eigenvalue weighted by Crippen LogP contribution is 2.45. The second kappa shape index (κ2) is 7.87. The molecule has 7 nitrogen and oxygen atoms in total. The quantitative estimate of drug-likeness (QED) is 0.246. The molecule has 0 aliphatic carbocycles. The largest absolute Gasteiger partial charge is 0.507 e. The Labute approximate surface area is 189 Å². The van der Waals surface area contributed by atoms with Gasteiger partial charge in [-0.1, -0.05) is 42.5 Å². The molecule has 1 fully saturated rings. The number of aromatic hydroxyl groups is 1. The van der Waals surface area contributed by atoms with E-state index in [1.807, 2.05) is 24.3 Å². The Balaban J connectivity index is 1.76. The molecular formula is C26H20N2O5. The summed E-state index contributed by atoms with van der Waals surface area (Å²) in [4.78, 5) is 30.8. The van der Waals surface area contributed by atoms with Crippen LogP contribution in [0.2, 0.25) is 0 Å². The first kappa shape index (κ1) is 20.4. The molecule has 1 unspecified atom stereocenters. The Morgan fingerprint density at radius 2 is 1.67 bits per heavy atom. The molecule has 1 aromatic heterocycles. The van der Waals surface area contributed by atoms with Gasteiger partial charge < -0.3 is 19.9 Å². The van der Waals surface area contributed by atoms with Crippen LogP contribution in [0.25, 0.3) is 16.7 Å². The Bertz CT molecular complexity index is 1420. The van der Waals surface area contributed by atoms with Crippen LogP contribution in [-0.2, 0) is 9.59 Å². The molecule has 7 heteroatoms. The van der Waals surface area contributed by atoms with Crippen LogP contribution in [0.4, 0.5) is 5.69 Å². The number of nitrogens with one attached hydrogen (secondary N) is 1. The van der Waals surface area contributed by atoms with Gasteiger partial charge >= 0.3 is 0 Å². The van der Waals surface area contributed by atoms with Crippen LogP contribution < -0.4 is 9.64 Å². The van der Waals surface area contributed by atoms with Gasteiger partial charge in [0.25, 0.3) is 11.7 Å². The lowest BCUT2D eigenvalue weighted by molar-refractivity contribution is -0.132. The number of fused-ring (bicyclic) bond motifs is 1. The third-order valence-electron chi connectivity index (χ3n) is 5.86. The standard InChI is InChI=1S/C26H20N2O5/c1-33-16-12-10-15(11-13-16)23-22(24(30)18-14-27-19-7-3-2-6-17(18)19)25(31)26(32)28(23)20-8-4-5-9-21(20)29/h2-14,23,27,29-30H,1H3/b24-22-. The van der Waals surface area contributed by atoms with Crippen molar-refractivity contribution in [1.82, 2.24) is 4.98 Å². The van der Waals surface area contributed by atoms with E-state index >= 15 is 0 Å². The van der Waals surface area contributed by atoms with E-state index in [0.29, 0.717) is 16.9 Å². The van der Waals surface area contributed by atoms with Crippen molar-refractivity contribution in [3.63, 3.8) is 0 Å². The number of anilines is 1. The maximum Gasteiger partial charge on any atom is 0.300 e. The molecule has 0 spiro atoms. The fourth-order valence-corrected chi connectivity index (χ4v) is 4.26. The van der Waals surface area contributed by atoms with Gasteiger partial charge in [-0.3, -0.25) is 14.5 Å². The Kier molecular flexibility index (Phi) is 4.86. The lowest BCUT2D eigenvalue weighted by Gasteiger charge is -2.26. The predicted molar refractivity (Wildman–Crippen MR) is 124 cm³/mol. The number of hydrogen-bond donors (Lipinski definition) is 3. The van der Waals surface area contributed by atoms with E-state index in [9.17, 15) is 19.8 Å². The SMILES string of the molecule is COc1ccc(C2/C(=C(/O)c3c[nH]c4ccccc34)C(=O)C(=O)N2c2ccccc2O)cc1. The van der Waals surface area contributed by atoms with Gasteiger partial charge in [0.2, 0.25) is 0 Å². The molecule has 164 valence electrons. The number of aromatic nitrogens is 1. The minimum Gasteiger partial charge on any atom is -0.507 e. The topological polar surface area (TPSA) is 103 Å². The average Bonchev–Trinajstić information content (AvgIpc) is 3.38. The number of para-hydroxylation sites is 3. The molecule has 0 radical (unpaired) electrons. The minimum atomic E-state index is -0.946. The van der Waals surface area contributed by atoms with Crippen molar-refractivity contribution in [2.45, 2.75) is 6.04 Å². The number of ether oxygens (including phenoxy) is 1. The zero-order valence-corrected chi connectivity index (χ0v) is 17.6. The van der Waals surface area contributed by atoms with E-state index in [0.717, 1.165) is 10.9 Å². The molecule has 0 bridgehead atoms. The van der Waals surface area contributed by atoms with Gasteiger partial charge in [-0.15, -0.1) is 0 Å². The lowest BCUT2D eigenvalue weighted by Crippen LogP contribution is -2.29. The summed E-state index contributed by atoms with van der Waals surface area (Å²) in [6.07, 6.45) is 1.61. The van der Waals surface area contributed by atoms with Crippen LogP contribution in [0, 0.1) is 0 Å². The fourth-order valence-electron chi connectivity index (χ4n) is 4.26. The smallest absolute Gasteiger partial charge is 0.300 e. The van der Waals surface area contributed by atoms with Gasteiger partial charge in [0.1, 0.15) is 17.3 Å². The molecule has 1 aliphatic rings. The van der Waals surface area contributed by atoms with E-state index in [4.69, 9.17) is 4.74 Å². The third kappa shape index (κ3) is 3.22. The molecule has 33 heavy (non-hydrogen) atoms. The van der Waals surface area contributed by atoms with Crippen LogP contribution in [0.5, 0.6) is 11.5 Å². The van der Waals surface area contributed by atoms with Crippen molar-refractivity contribution in [1.29, 1.82) is 0 Å². The summed E-state index contributed by atoms with van der Waals surface area (Å²) in [6, 6.07) is 19.6. The number of phenols is 1. The number of ketones is 1. The number of aliphatic hydroxyl groups excluding tert-OH is 1. The zero-order chi connectivity index (χ0) is 23.1. The first-order valence-corrected chi connectivity index (χ1v) is 10.3. The number of Topliss-reactive ketones (excluding diaryl/α,β-unsaturated/α-hetero) is 1. The van der Waals surface area contributed by atoms with E-state index in [1.54, 1.807) is 55.8 Å². The number of phenolic OH excluding ortho intramolecular Hbond substituents is 1. The summed E-state index contributed by atoms with van der Waals surface area (Å²) in [7, 11) is 1.54. The number of aromatic amines is 1. The normalized spacial score (nSPS) is 17.6. The van der Waals surface area contributed by atoms with Crippen LogP contribution in [0.3, 0.4) is 0 Å². The van der Waals surface area contributed by atoms with Crippen molar-refractivity contribution in [2.24, 2.45) is 0 Å². The number of rotatable bonds is 4. The lowest BCUT2D eigenvalue weighted by atomic mass is 9.95. The Hall–Kier alpha value is -4.52. The molecule has 1 aliphatic heterocycles. The van der Waals surface area contributed by atoms with Crippen LogP contribution >= 0.6 is 0 Å². The number of nitrogens with zero attached hydrogens (tertiary/aromatic N) is 1. The molecule has 5 rings (SSSR count). The van der Waals surface area contributed by atoms with E-state index in [-0.39, 0.29) is 22.8 Å². The average molecular weight is 440 g/mol. The van der Waals surface area contributed by atoms with Gasteiger partial charge in [0.15, 0.2) is 0 Å². The molecule has 3 aromatic carbocycles. The van der Waals surface area contributed by atoms with Crippen LogP contribution in [-0.4, -0.2) is 34.0 Å². The van der Waals surface area contributed by atoms with Crippen molar-refractivity contribution < 1.29 is 24.5 Å². The van der Waals surface area contributed by atoms with Crippen molar-refractivity contribution >= 4 is 34.0 Å². The number of H-pyrrole nitrogens is 1. The highest BCUT2D eigenvalue weighted by atomic mass is 16.5. The number of amides is 1. The number of carbonyl (C=O) groups excluding carboxylic acids is 2. The minimum absolute atomic E-state index is 0.0572. The van der Waals surface area contributed by atoms with Gasteiger partial charge in [0.05, 0.1) is 24.4 Å². The van der Waals surface area contributed by atoms with Crippen molar-refractivity contribution in [2.75, 3.05) is 12.0 Å². The summed E-state index contributed by atoms with van der Waals surface area (Å²) in [5, 5.41) is 22.5. The summed E-state index contributed by atoms with van der Waals surface area (Å²) in [5.74, 6) is -1.50. The van der Waals surface area contributed by atoms with Gasteiger partial charge in [-0.05, 0) is 35.9 Å². The summed E-state index contributed by atoms with van der Waals surface area (Å²) in [5.41, 5.74) is 1.91. The summed E-state index contributed by atoms with van der Waals surface area (Å²) in [6.45, 7) is 0. The van der Waals surface area contributed by atoms with Gasteiger partial charge in [-0.25, -0.2) is 0 Å². The fraction of sp³-hybridized carbons (Fsp3) is 0.0769. The number of hydrogen-bond acceptors (Lipinski definition) is 5. The Morgan fingerprint density at radius 1 is 0.970 bits per heavy atom. The number of carbonyl (C=O) groups is 2. The van der Waals surface area contributed by atoms with E-state index in [1.165, 1.54) is 11.0 Å². The third-order valence-corrected chi connectivity index (χ3v) is 5.86. The molecule has 0 saturated carbocycles. The molecule has 4 aromatic rings. The zero-order valence-electron chi connectivity index (χ0n) is 17.6. The highest BCUT2D eigenvalue weighted by Gasteiger charge is 2.47. The molecule has 3 N–H and O–H groups in total. The predicted octanol–water partition coefficient (Wildman–Crippen LogP) is 4.51. The van der Waals surface area contributed by atoms with E-state index < -0.39 is 17.7 Å². The number of methoxy groups -OCH3 is 1. The molecule has 1 saturated heterocycles. The maximum atomic E-state index is 13.3. The molecule has 1 amide bonds. The number of benzene rings is 3. The second-order valence-electron chi connectivity index (χ2n) is 7.68. The molecular weight excluding hydrogens is 420 g/mol. The van der Waals surface area contributed by atoms with Crippen molar-refractivity contribution in [3.05, 3.63) is 95.7 Å². The summed E-state index contributed by atoms with van der Waals surface area (Å²) >= 11 is 0. The van der Waals surface area contributed by atoms with Crippen LogP contribution in [0.15, 0.2) is 84.6 Å². The maximum absolute atomic E-state index is 13.3. The van der Waals surface area contributed by atoms with Crippen LogP contribution in [0.1, 0.15) is 17.2 Å². The monoisotopic (exact) mass is 440 g/mol. The van der Waals surface area contributed by atoms with Gasteiger partial charge in [0, 0.05) is 22.7 Å². The number of aliphatic hydroxyl groups is 1. The highest BCUT2D eigenvalue weighted by molar-refractivity contribution is 6.52. The summed E-state index contributed by atoms with van der Waals surface area (Å²) < 4.78 is 5.23.